The number of hydrogen-bond acceptors (Lipinski definition) is 7. The molecule has 2 N–H and O–H groups in total. The smallest absolute Gasteiger partial charge is 0.335 e. The predicted octanol–water partition coefficient (Wildman–Crippen LogP) is 2.00. The van der Waals surface area contributed by atoms with E-state index < -0.39 is 17.1 Å². The number of rotatable bonds is 4. The largest absolute Gasteiger partial charge is 0.495 e. The van der Waals surface area contributed by atoms with Gasteiger partial charge in [-0.1, -0.05) is 18.2 Å². The molecule has 4 rings (SSSR count). The van der Waals surface area contributed by atoms with Gasteiger partial charge >= 0.3 is 5.69 Å². The molecule has 0 saturated carbocycles. The molecule has 154 valence electrons. The van der Waals surface area contributed by atoms with E-state index in [1.54, 1.807) is 24.3 Å². The Morgan fingerprint density at radius 1 is 1.27 bits per heavy atom. The molecule has 0 aliphatic carbocycles. The van der Waals surface area contributed by atoms with Gasteiger partial charge in [-0.3, -0.25) is 14.6 Å². The lowest BCUT2D eigenvalue weighted by atomic mass is 10.0. The summed E-state index contributed by atoms with van der Waals surface area (Å²) in [6, 6.07) is 9.95. The highest BCUT2D eigenvalue weighted by Crippen LogP contribution is 2.36. The van der Waals surface area contributed by atoms with Gasteiger partial charge in [0.15, 0.2) is 0 Å². The van der Waals surface area contributed by atoms with Crippen molar-refractivity contribution in [3.8, 4) is 17.3 Å². The van der Waals surface area contributed by atoms with Crippen LogP contribution in [0.3, 0.4) is 0 Å². The zero-order chi connectivity index (χ0) is 21.4. The standard InChI is InChI=1S/C20H18N4O5S/c1-11(25)24-14(16-8-5-9-30-16)10-12(22-24)17-18(26)21-20(28)23(19(17)27)13-6-3-4-7-15(13)29-2/h3-9,14,27H,10H2,1-2H3,(H,21,26,28). The number of hydrogen-bond donors (Lipinski definition) is 2. The highest BCUT2D eigenvalue weighted by Gasteiger charge is 2.35. The van der Waals surface area contributed by atoms with Crippen molar-refractivity contribution in [3.05, 3.63) is 73.1 Å². The average molecular weight is 426 g/mol. The maximum atomic E-state index is 12.6. The number of aromatic amines is 1. The van der Waals surface area contributed by atoms with Gasteiger partial charge in [0.2, 0.25) is 11.8 Å². The van der Waals surface area contributed by atoms with Crippen molar-refractivity contribution in [2.45, 2.75) is 19.4 Å². The van der Waals surface area contributed by atoms with Crippen molar-refractivity contribution in [1.29, 1.82) is 0 Å². The van der Waals surface area contributed by atoms with E-state index in [1.807, 2.05) is 17.5 Å². The topological polar surface area (TPSA) is 117 Å². The van der Waals surface area contributed by atoms with Crippen molar-refractivity contribution >= 4 is 23.0 Å². The van der Waals surface area contributed by atoms with Gasteiger partial charge in [0.1, 0.15) is 11.3 Å². The van der Waals surface area contributed by atoms with E-state index in [0.717, 1.165) is 9.44 Å². The van der Waals surface area contributed by atoms with E-state index in [2.05, 4.69) is 10.1 Å². The first kappa shape index (κ1) is 19.6. The van der Waals surface area contributed by atoms with Gasteiger partial charge in [-0.05, 0) is 23.6 Å². The number of carbonyl (C=O) groups excluding carboxylic acids is 1. The molecular formula is C20H18N4O5S. The summed E-state index contributed by atoms with van der Waals surface area (Å²) in [4.78, 5) is 40.4. The van der Waals surface area contributed by atoms with Gasteiger partial charge in [-0.15, -0.1) is 11.3 Å². The number of amides is 1. The maximum Gasteiger partial charge on any atom is 0.335 e. The van der Waals surface area contributed by atoms with Crippen molar-refractivity contribution < 1.29 is 14.6 Å². The molecule has 0 fully saturated rings. The lowest BCUT2D eigenvalue weighted by Gasteiger charge is -2.18. The van der Waals surface area contributed by atoms with Crippen LogP contribution in [-0.2, 0) is 4.79 Å². The van der Waals surface area contributed by atoms with Gasteiger partial charge in [-0.25, -0.2) is 14.4 Å². The minimum absolute atomic E-state index is 0.161. The van der Waals surface area contributed by atoms with Crippen molar-refractivity contribution in [1.82, 2.24) is 14.6 Å². The maximum absolute atomic E-state index is 12.6. The Morgan fingerprint density at radius 2 is 2.03 bits per heavy atom. The number of para-hydroxylation sites is 2. The van der Waals surface area contributed by atoms with Gasteiger partial charge < -0.3 is 9.84 Å². The second-order valence-corrected chi connectivity index (χ2v) is 7.59. The molecule has 1 amide bonds. The summed E-state index contributed by atoms with van der Waals surface area (Å²) in [7, 11) is 1.44. The van der Waals surface area contributed by atoms with Crippen LogP contribution in [0, 0.1) is 0 Å². The summed E-state index contributed by atoms with van der Waals surface area (Å²) in [5.41, 5.74) is -1.28. The third-order valence-electron chi connectivity index (χ3n) is 4.81. The van der Waals surface area contributed by atoms with Crippen LogP contribution in [-0.4, -0.2) is 38.4 Å². The Balaban J connectivity index is 1.88. The number of thiophene rings is 1. The number of H-pyrrole nitrogens is 1. The molecule has 10 heteroatoms. The Bertz CT molecular complexity index is 1260. The van der Waals surface area contributed by atoms with Crippen LogP contribution in [0.2, 0.25) is 0 Å². The highest BCUT2D eigenvalue weighted by molar-refractivity contribution is 7.10. The minimum Gasteiger partial charge on any atom is -0.495 e. The fourth-order valence-corrected chi connectivity index (χ4v) is 4.29. The zero-order valence-corrected chi connectivity index (χ0v) is 17.0. The molecule has 1 aromatic carbocycles. The van der Waals surface area contributed by atoms with Crippen LogP contribution in [0.1, 0.15) is 29.8 Å². The summed E-state index contributed by atoms with van der Waals surface area (Å²) >= 11 is 1.47. The van der Waals surface area contributed by atoms with Crippen molar-refractivity contribution in [2.24, 2.45) is 5.10 Å². The molecule has 0 spiro atoms. The lowest BCUT2D eigenvalue weighted by molar-refractivity contribution is -0.130. The predicted molar refractivity (Wildman–Crippen MR) is 112 cm³/mol. The van der Waals surface area contributed by atoms with E-state index in [9.17, 15) is 19.5 Å². The Kier molecular flexibility index (Phi) is 5.00. The Labute approximate surface area is 174 Å². The van der Waals surface area contributed by atoms with Gasteiger partial charge in [0.25, 0.3) is 5.56 Å². The van der Waals surface area contributed by atoms with E-state index in [1.165, 1.54) is 30.4 Å². The number of ether oxygens (including phenoxy) is 1. The molecule has 0 bridgehead atoms. The number of aromatic hydroxyl groups is 1. The van der Waals surface area contributed by atoms with E-state index in [-0.39, 0.29) is 35.3 Å². The number of hydrazone groups is 1. The molecule has 2 aromatic heterocycles. The average Bonchev–Trinajstić information content (AvgIpc) is 3.38. The number of nitrogens with one attached hydrogen (secondary N) is 1. The summed E-state index contributed by atoms with van der Waals surface area (Å²) in [6.07, 6.45) is 0.223. The third-order valence-corrected chi connectivity index (χ3v) is 5.78. The molecular weight excluding hydrogens is 408 g/mol. The van der Waals surface area contributed by atoms with E-state index in [4.69, 9.17) is 4.74 Å². The number of carbonyl (C=O) groups is 1. The lowest BCUT2D eigenvalue weighted by Crippen LogP contribution is -2.33. The first-order valence-electron chi connectivity index (χ1n) is 9.05. The second-order valence-electron chi connectivity index (χ2n) is 6.61. The molecule has 1 unspecified atom stereocenters. The molecule has 1 atom stereocenters. The minimum atomic E-state index is -0.817. The summed E-state index contributed by atoms with van der Waals surface area (Å²) in [5, 5.41) is 18.4. The van der Waals surface area contributed by atoms with E-state index >= 15 is 0 Å². The van der Waals surface area contributed by atoms with Gasteiger partial charge in [0, 0.05) is 18.2 Å². The molecule has 30 heavy (non-hydrogen) atoms. The van der Waals surface area contributed by atoms with Crippen LogP contribution < -0.4 is 16.0 Å². The fourth-order valence-electron chi connectivity index (χ4n) is 3.48. The normalized spacial score (nSPS) is 15.9. The number of methoxy groups -OCH3 is 1. The third kappa shape index (κ3) is 3.20. The SMILES string of the molecule is COc1ccccc1-n1c(O)c(C2=NN(C(C)=O)C(c3cccs3)C2)c(=O)[nH]c1=O. The second kappa shape index (κ2) is 7.64. The van der Waals surface area contributed by atoms with Crippen LogP contribution in [0.4, 0.5) is 0 Å². The molecule has 9 nitrogen and oxygen atoms in total. The quantitative estimate of drug-likeness (QED) is 0.662. The molecule has 0 saturated heterocycles. The van der Waals surface area contributed by atoms with Crippen LogP contribution in [0.5, 0.6) is 11.6 Å². The van der Waals surface area contributed by atoms with Crippen LogP contribution >= 0.6 is 11.3 Å². The number of nitrogens with zero attached hydrogens (tertiary/aromatic N) is 3. The summed E-state index contributed by atoms with van der Waals surface area (Å²) in [6.45, 7) is 1.38. The molecule has 1 aliphatic heterocycles. The first-order chi connectivity index (χ1) is 14.4. The molecule has 3 aromatic rings. The Morgan fingerprint density at radius 3 is 2.70 bits per heavy atom. The Hall–Kier alpha value is -3.66. The molecule has 1 aliphatic rings. The fraction of sp³-hybridized carbons (Fsp3) is 0.200. The number of aromatic nitrogens is 2. The number of benzene rings is 1. The summed E-state index contributed by atoms with van der Waals surface area (Å²) in [5.74, 6) is -0.525. The van der Waals surface area contributed by atoms with Crippen molar-refractivity contribution in [2.75, 3.05) is 7.11 Å². The van der Waals surface area contributed by atoms with Crippen molar-refractivity contribution in [3.63, 3.8) is 0 Å². The van der Waals surface area contributed by atoms with Crippen LogP contribution in [0.25, 0.3) is 5.69 Å². The monoisotopic (exact) mass is 426 g/mol. The first-order valence-corrected chi connectivity index (χ1v) is 9.93. The molecule has 0 radical (unpaired) electrons. The van der Waals surface area contributed by atoms with Crippen LogP contribution in [0.15, 0.2) is 56.5 Å². The molecule has 3 heterocycles. The zero-order valence-electron chi connectivity index (χ0n) is 16.2. The summed E-state index contributed by atoms with van der Waals surface area (Å²) < 4.78 is 6.23. The van der Waals surface area contributed by atoms with E-state index in [0.29, 0.717) is 5.75 Å². The highest BCUT2D eigenvalue weighted by atomic mass is 32.1. The van der Waals surface area contributed by atoms with Gasteiger partial charge in [-0.2, -0.15) is 5.10 Å². The van der Waals surface area contributed by atoms with Gasteiger partial charge in [0.05, 0.1) is 24.6 Å².